The van der Waals surface area contributed by atoms with Crippen LogP contribution in [0.15, 0.2) is 42.5 Å². The smallest absolute Gasteiger partial charge is 0.410 e. The molecular weight excluding hydrogens is 390 g/mol. The summed E-state index contributed by atoms with van der Waals surface area (Å²) in [6.07, 6.45) is 0.979. The largest absolute Gasteiger partial charge is 0.493 e. The van der Waals surface area contributed by atoms with Crippen LogP contribution < -0.4 is 10.1 Å². The molecule has 2 unspecified atom stereocenters. The van der Waals surface area contributed by atoms with Crippen LogP contribution in [0, 0.1) is 11.6 Å². The van der Waals surface area contributed by atoms with Crippen LogP contribution in [0.3, 0.4) is 0 Å². The Hall–Kier alpha value is -2.67. The molecule has 7 heteroatoms. The molecule has 1 amide bonds. The normalized spacial score (nSPS) is 18.9. The van der Waals surface area contributed by atoms with Gasteiger partial charge in [-0.1, -0.05) is 30.3 Å². The maximum Gasteiger partial charge on any atom is 0.410 e. The molecule has 2 aromatic carbocycles. The standard InChI is InChI=1S/C23H28F2N2O3/c1-16-13-26-14-17(2)27(16)23(28)30-15-20-21(24)11-19(12-22(20)25)29-10-6-9-18-7-4-3-5-8-18/h3-5,7-8,11-12,16-17,26H,6,9-10,13-15H2,1-2H3. The second kappa shape index (κ2) is 10.4. The van der Waals surface area contributed by atoms with E-state index in [2.05, 4.69) is 5.32 Å². The predicted molar refractivity (Wildman–Crippen MR) is 110 cm³/mol. The SMILES string of the molecule is CC1CNCC(C)N1C(=O)OCc1c(F)cc(OCCCc2ccccc2)cc1F. The van der Waals surface area contributed by atoms with Crippen LogP contribution in [0.1, 0.15) is 31.4 Å². The molecule has 1 fully saturated rings. The highest BCUT2D eigenvalue weighted by Gasteiger charge is 2.30. The van der Waals surface area contributed by atoms with E-state index in [-0.39, 0.29) is 23.4 Å². The van der Waals surface area contributed by atoms with Gasteiger partial charge in [-0.3, -0.25) is 0 Å². The van der Waals surface area contributed by atoms with Crippen molar-refractivity contribution in [3.05, 3.63) is 65.2 Å². The number of hydrogen-bond donors (Lipinski definition) is 1. The lowest BCUT2D eigenvalue weighted by molar-refractivity contribution is 0.0551. The lowest BCUT2D eigenvalue weighted by Gasteiger charge is -2.38. The fourth-order valence-electron chi connectivity index (χ4n) is 3.61. The first-order chi connectivity index (χ1) is 14.5. The van der Waals surface area contributed by atoms with Crippen LogP contribution in [-0.2, 0) is 17.8 Å². The zero-order valence-corrected chi connectivity index (χ0v) is 17.4. The third-order valence-corrected chi connectivity index (χ3v) is 5.22. The van der Waals surface area contributed by atoms with Gasteiger partial charge in [0.05, 0.1) is 12.2 Å². The Morgan fingerprint density at radius 2 is 1.73 bits per heavy atom. The summed E-state index contributed by atoms with van der Waals surface area (Å²) in [6.45, 7) is 4.98. The number of benzene rings is 2. The van der Waals surface area contributed by atoms with Crippen molar-refractivity contribution in [1.29, 1.82) is 0 Å². The number of carbonyl (C=O) groups excluding carboxylic acids is 1. The molecule has 0 radical (unpaired) electrons. The third-order valence-electron chi connectivity index (χ3n) is 5.22. The summed E-state index contributed by atoms with van der Waals surface area (Å²) < 4.78 is 39.5. The van der Waals surface area contributed by atoms with Crippen LogP contribution >= 0.6 is 0 Å². The minimum absolute atomic E-state index is 0.0531. The Bertz CT molecular complexity index is 815. The highest BCUT2D eigenvalue weighted by molar-refractivity contribution is 5.68. The molecule has 0 saturated carbocycles. The molecule has 162 valence electrons. The van der Waals surface area contributed by atoms with E-state index >= 15 is 0 Å². The lowest BCUT2D eigenvalue weighted by Crippen LogP contribution is -2.57. The molecule has 2 aromatic rings. The van der Waals surface area contributed by atoms with Crippen molar-refractivity contribution in [2.24, 2.45) is 0 Å². The van der Waals surface area contributed by atoms with Gasteiger partial charge in [0, 0.05) is 37.3 Å². The Labute approximate surface area is 176 Å². The van der Waals surface area contributed by atoms with E-state index in [9.17, 15) is 13.6 Å². The molecule has 1 N–H and O–H groups in total. The summed E-state index contributed by atoms with van der Waals surface area (Å²) in [6, 6.07) is 12.1. The van der Waals surface area contributed by atoms with Gasteiger partial charge in [0.15, 0.2) is 0 Å². The number of ether oxygens (including phenoxy) is 2. The van der Waals surface area contributed by atoms with E-state index in [1.165, 1.54) is 5.56 Å². The van der Waals surface area contributed by atoms with Gasteiger partial charge in [0.25, 0.3) is 0 Å². The van der Waals surface area contributed by atoms with Crippen LogP contribution in [0.25, 0.3) is 0 Å². The van der Waals surface area contributed by atoms with E-state index in [0.29, 0.717) is 19.7 Å². The number of halogens is 2. The average Bonchev–Trinajstić information content (AvgIpc) is 2.71. The van der Waals surface area contributed by atoms with E-state index in [1.807, 2.05) is 44.2 Å². The molecule has 1 saturated heterocycles. The summed E-state index contributed by atoms with van der Waals surface area (Å²) in [5, 5.41) is 3.21. The van der Waals surface area contributed by atoms with Crippen molar-refractivity contribution in [1.82, 2.24) is 10.2 Å². The Kier molecular flexibility index (Phi) is 7.63. The van der Waals surface area contributed by atoms with Crippen LogP contribution in [0.2, 0.25) is 0 Å². The fourth-order valence-corrected chi connectivity index (χ4v) is 3.61. The minimum Gasteiger partial charge on any atom is -0.493 e. The number of nitrogens with one attached hydrogen (secondary N) is 1. The second-order valence-electron chi connectivity index (χ2n) is 7.62. The zero-order chi connectivity index (χ0) is 21.5. The summed E-state index contributed by atoms with van der Waals surface area (Å²) in [7, 11) is 0. The van der Waals surface area contributed by atoms with Crippen LogP contribution in [0.4, 0.5) is 13.6 Å². The number of rotatable bonds is 7. The van der Waals surface area contributed by atoms with Gasteiger partial charge >= 0.3 is 6.09 Å². The fraction of sp³-hybridized carbons (Fsp3) is 0.435. The van der Waals surface area contributed by atoms with Gasteiger partial charge in [0.2, 0.25) is 0 Å². The summed E-state index contributed by atoms with van der Waals surface area (Å²) in [5.74, 6) is -1.46. The van der Waals surface area contributed by atoms with E-state index in [0.717, 1.165) is 25.0 Å². The number of aryl methyl sites for hydroxylation is 1. The Morgan fingerprint density at radius 1 is 1.10 bits per heavy atom. The molecule has 5 nitrogen and oxygen atoms in total. The van der Waals surface area contributed by atoms with Crippen molar-refractivity contribution < 1.29 is 23.0 Å². The van der Waals surface area contributed by atoms with Crippen molar-refractivity contribution in [2.75, 3.05) is 19.7 Å². The van der Waals surface area contributed by atoms with Crippen molar-refractivity contribution >= 4 is 6.09 Å². The number of nitrogens with zero attached hydrogens (tertiary/aromatic N) is 1. The quantitative estimate of drug-likeness (QED) is 0.682. The molecule has 1 aliphatic rings. The van der Waals surface area contributed by atoms with E-state index < -0.39 is 24.3 Å². The van der Waals surface area contributed by atoms with Crippen molar-refractivity contribution in [2.45, 2.75) is 45.4 Å². The molecule has 0 spiro atoms. The zero-order valence-electron chi connectivity index (χ0n) is 17.4. The molecule has 0 aliphatic carbocycles. The third kappa shape index (κ3) is 5.69. The number of carbonyl (C=O) groups is 1. The summed E-state index contributed by atoms with van der Waals surface area (Å²) >= 11 is 0. The van der Waals surface area contributed by atoms with Gasteiger partial charge in [-0.2, -0.15) is 0 Å². The summed E-state index contributed by atoms with van der Waals surface area (Å²) in [5.41, 5.74) is 0.902. The Balaban J connectivity index is 1.52. The first-order valence-electron chi connectivity index (χ1n) is 10.3. The van der Waals surface area contributed by atoms with Gasteiger partial charge in [0.1, 0.15) is 24.0 Å². The molecule has 0 bridgehead atoms. The first-order valence-corrected chi connectivity index (χ1v) is 10.3. The highest BCUT2D eigenvalue weighted by Crippen LogP contribution is 2.22. The van der Waals surface area contributed by atoms with Gasteiger partial charge in [-0.25, -0.2) is 13.6 Å². The monoisotopic (exact) mass is 418 g/mol. The Morgan fingerprint density at radius 3 is 2.37 bits per heavy atom. The topological polar surface area (TPSA) is 50.8 Å². The number of hydrogen-bond acceptors (Lipinski definition) is 4. The molecule has 0 aromatic heterocycles. The van der Waals surface area contributed by atoms with Crippen molar-refractivity contribution in [3.8, 4) is 5.75 Å². The van der Waals surface area contributed by atoms with E-state index in [4.69, 9.17) is 9.47 Å². The molecular formula is C23H28F2N2O3. The molecule has 1 aliphatic heterocycles. The average molecular weight is 418 g/mol. The van der Waals surface area contributed by atoms with Gasteiger partial charge in [-0.15, -0.1) is 0 Å². The minimum atomic E-state index is -0.790. The van der Waals surface area contributed by atoms with Gasteiger partial charge in [-0.05, 0) is 32.3 Å². The molecule has 3 rings (SSSR count). The van der Waals surface area contributed by atoms with Crippen LogP contribution in [0.5, 0.6) is 5.75 Å². The maximum atomic E-state index is 14.4. The highest BCUT2D eigenvalue weighted by atomic mass is 19.1. The first kappa shape index (κ1) is 22.0. The van der Waals surface area contributed by atoms with Crippen LogP contribution in [-0.4, -0.2) is 42.8 Å². The maximum absolute atomic E-state index is 14.4. The number of amides is 1. The molecule has 1 heterocycles. The summed E-state index contributed by atoms with van der Waals surface area (Å²) in [4.78, 5) is 14.0. The van der Waals surface area contributed by atoms with Crippen molar-refractivity contribution in [3.63, 3.8) is 0 Å². The lowest BCUT2D eigenvalue weighted by atomic mass is 10.1. The van der Waals surface area contributed by atoms with Gasteiger partial charge < -0.3 is 19.7 Å². The molecule has 2 atom stereocenters. The van der Waals surface area contributed by atoms with E-state index in [1.54, 1.807) is 4.90 Å². The predicted octanol–water partition coefficient (Wildman–Crippen LogP) is 4.30. The number of piperazine rings is 1. The molecule has 30 heavy (non-hydrogen) atoms. The second-order valence-corrected chi connectivity index (χ2v) is 7.62.